The van der Waals surface area contributed by atoms with E-state index in [4.69, 9.17) is 0 Å². The standard InChI is InChI=1S/C22H29N5O/c1-3-18-15(2)19(25-24-18)21(28)23-20-16-11-26-9-10-27(12-16)14-22(20,13-26)17-7-5-4-6-8-17/h4-8,16,20H,3,9-14H2,1-2H3,(H,23,28)(H,24,25)/t16?,20-,22?/m1/s1. The zero-order valence-corrected chi connectivity index (χ0v) is 16.7. The average Bonchev–Trinajstić information content (AvgIpc) is 2.90. The number of piperidine rings is 2. The monoisotopic (exact) mass is 379 g/mol. The number of carbonyl (C=O) groups is 1. The molecule has 5 heterocycles. The first kappa shape index (κ1) is 17.9. The van der Waals surface area contributed by atoms with Crippen LogP contribution in [0.15, 0.2) is 30.3 Å². The Morgan fingerprint density at radius 2 is 1.89 bits per heavy atom. The van der Waals surface area contributed by atoms with Crippen molar-refractivity contribution in [2.45, 2.75) is 31.7 Å². The summed E-state index contributed by atoms with van der Waals surface area (Å²) in [5.74, 6) is 0.406. The highest BCUT2D eigenvalue weighted by molar-refractivity contribution is 5.94. The molecular weight excluding hydrogens is 350 g/mol. The fraction of sp³-hybridized carbons (Fsp3) is 0.545. The van der Waals surface area contributed by atoms with Crippen molar-refractivity contribution < 1.29 is 4.79 Å². The minimum absolute atomic E-state index is 0.0371. The largest absolute Gasteiger partial charge is 0.347 e. The van der Waals surface area contributed by atoms with Crippen molar-refractivity contribution in [1.82, 2.24) is 25.3 Å². The lowest BCUT2D eigenvalue weighted by atomic mass is 9.64. The van der Waals surface area contributed by atoms with Gasteiger partial charge in [-0.25, -0.2) is 0 Å². The quantitative estimate of drug-likeness (QED) is 0.847. The number of nitrogens with one attached hydrogen (secondary N) is 2. The number of amides is 1. The van der Waals surface area contributed by atoms with Crippen molar-refractivity contribution in [1.29, 1.82) is 0 Å². The number of nitrogens with zero attached hydrogens (tertiary/aromatic N) is 3. The van der Waals surface area contributed by atoms with E-state index >= 15 is 0 Å². The molecule has 0 aliphatic carbocycles. The number of hydrogen-bond donors (Lipinski definition) is 2. The molecule has 6 rings (SSSR count). The first-order valence-electron chi connectivity index (χ1n) is 10.5. The van der Waals surface area contributed by atoms with Gasteiger partial charge in [-0.05, 0) is 18.9 Å². The Bertz CT molecular complexity index is 860. The Hall–Kier alpha value is -2.18. The van der Waals surface area contributed by atoms with Crippen LogP contribution in [-0.2, 0) is 11.8 Å². The number of aromatic nitrogens is 2. The Morgan fingerprint density at radius 3 is 2.50 bits per heavy atom. The summed E-state index contributed by atoms with van der Waals surface area (Å²) in [6, 6.07) is 10.9. The third-order valence-electron chi connectivity index (χ3n) is 7.11. The number of aryl methyl sites for hydroxylation is 1. The summed E-state index contributed by atoms with van der Waals surface area (Å²) in [5, 5.41) is 10.8. The fourth-order valence-corrected chi connectivity index (χ4v) is 5.78. The molecule has 4 aliphatic rings. The zero-order chi connectivity index (χ0) is 19.3. The van der Waals surface area contributed by atoms with E-state index in [1.807, 2.05) is 6.92 Å². The topological polar surface area (TPSA) is 64.3 Å². The normalized spacial score (nSPS) is 33.6. The van der Waals surface area contributed by atoms with E-state index in [2.05, 4.69) is 62.6 Å². The van der Waals surface area contributed by atoms with E-state index in [1.165, 1.54) is 5.56 Å². The van der Waals surface area contributed by atoms with Crippen molar-refractivity contribution in [2.75, 3.05) is 39.3 Å². The number of rotatable bonds is 4. The zero-order valence-electron chi connectivity index (χ0n) is 16.7. The summed E-state index contributed by atoms with van der Waals surface area (Å²) >= 11 is 0. The highest BCUT2D eigenvalue weighted by Crippen LogP contribution is 2.43. The van der Waals surface area contributed by atoms with Gasteiger partial charge < -0.3 is 15.1 Å². The van der Waals surface area contributed by atoms with Gasteiger partial charge in [0, 0.05) is 67.9 Å². The molecule has 4 saturated heterocycles. The van der Waals surface area contributed by atoms with Gasteiger partial charge in [0.25, 0.3) is 5.91 Å². The van der Waals surface area contributed by atoms with Crippen LogP contribution in [0, 0.1) is 12.8 Å². The molecule has 2 aromatic rings. The lowest BCUT2D eigenvalue weighted by Gasteiger charge is -2.55. The van der Waals surface area contributed by atoms with Crippen molar-refractivity contribution in [3.8, 4) is 0 Å². The highest BCUT2D eigenvalue weighted by atomic mass is 16.2. The lowest BCUT2D eigenvalue weighted by molar-refractivity contribution is 0.0179. The van der Waals surface area contributed by atoms with Gasteiger partial charge in [-0.15, -0.1) is 0 Å². The summed E-state index contributed by atoms with van der Waals surface area (Å²) in [6.07, 6.45) is 0.857. The number of carbonyl (C=O) groups excluding carboxylic acids is 1. The first-order valence-corrected chi connectivity index (χ1v) is 10.5. The van der Waals surface area contributed by atoms with Gasteiger partial charge in [-0.1, -0.05) is 37.3 Å². The summed E-state index contributed by atoms with van der Waals surface area (Å²) in [7, 11) is 0. The van der Waals surface area contributed by atoms with Crippen LogP contribution in [0.3, 0.4) is 0 Å². The van der Waals surface area contributed by atoms with Crippen molar-refractivity contribution in [3.63, 3.8) is 0 Å². The molecule has 0 saturated carbocycles. The molecule has 28 heavy (non-hydrogen) atoms. The van der Waals surface area contributed by atoms with Crippen LogP contribution in [0.5, 0.6) is 0 Å². The van der Waals surface area contributed by atoms with Gasteiger partial charge in [-0.3, -0.25) is 9.89 Å². The number of benzene rings is 1. The van der Waals surface area contributed by atoms with E-state index in [0.29, 0.717) is 11.6 Å². The van der Waals surface area contributed by atoms with Gasteiger partial charge in [0.1, 0.15) is 0 Å². The van der Waals surface area contributed by atoms with Crippen LogP contribution in [0.25, 0.3) is 0 Å². The van der Waals surface area contributed by atoms with Crippen LogP contribution < -0.4 is 5.32 Å². The Morgan fingerprint density at radius 1 is 1.21 bits per heavy atom. The average molecular weight is 380 g/mol. The molecule has 2 N–H and O–H groups in total. The highest BCUT2D eigenvalue weighted by Gasteiger charge is 2.55. The summed E-state index contributed by atoms with van der Waals surface area (Å²) in [4.78, 5) is 18.4. The number of H-pyrrole nitrogens is 1. The van der Waals surface area contributed by atoms with E-state index in [0.717, 1.165) is 56.9 Å². The third kappa shape index (κ3) is 2.70. The van der Waals surface area contributed by atoms with Gasteiger partial charge in [-0.2, -0.15) is 5.10 Å². The van der Waals surface area contributed by atoms with Crippen LogP contribution in [0.4, 0.5) is 0 Å². The number of hydrogen-bond acceptors (Lipinski definition) is 4. The van der Waals surface area contributed by atoms with Crippen LogP contribution >= 0.6 is 0 Å². The molecule has 1 aromatic heterocycles. The molecule has 6 heteroatoms. The maximum Gasteiger partial charge on any atom is 0.272 e. The molecule has 6 nitrogen and oxygen atoms in total. The smallest absolute Gasteiger partial charge is 0.272 e. The van der Waals surface area contributed by atoms with E-state index < -0.39 is 0 Å². The Kier molecular flexibility index (Phi) is 4.29. The van der Waals surface area contributed by atoms with Crippen LogP contribution in [-0.4, -0.2) is 71.2 Å². The van der Waals surface area contributed by atoms with E-state index in [-0.39, 0.29) is 17.4 Å². The molecule has 4 aliphatic heterocycles. The molecule has 1 amide bonds. The predicted octanol–water partition coefficient (Wildman–Crippen LogP) is 1.58. The molecule has 148 valence electrons. The Labute approximate surface area is 166 Å². The van der Waals surface area contributed by atoms with Crippen LogP contribution in [0.2, 0.25) is 0 Å². The van der Waals surface area contributed by atoms with Crippen LogP contribution in [0.1, 0.15) is 34.2 Å². The maximum atomic E-state index is 13.2. The summed E-state index contributed by atoms with van der Waals surface area (Å²) in [5.41, 5.74) is 3.85. The van der Waals surface area contributed by atoms with E-state index in [1.54, 1.807) is 0 Å². The minimum atomic E-state index is -0.0631. The second-order valence-electron chi connectivity index (χ2n) is 8.73. The van der Waals surface area contributed by atoms with Crippen molar-refractivity contribution in [3.05, 3.63) is 52.8 Å². The summed E-state index contributed by atoms with van der Waals surface area (Å²) < 4.78 is 0. The lowest BCUT2D eigenvalue weighted by Crippen LogP contribution is -2.70. The summed E-state index contributed by atoms with van der Waals surface area (Å²) in [6.45, 7) is 10.5. The van der Waals surface area contributed by atoms with Gasteiger partial charge in [0.2, 0.25) is 0 Å². The number of aromatic amines is 1. The van der Waals surface area contributed by atoms with Crippen molar-refractivity contribution >= 4 is 5.91 Å². The molecule has 4 bridgehead atoms. The van der Waals surface area contributed by atoms with Gasteiger partial charge in [0.15, 0.2) is 5.69 Å². The minimum Gasteiger partial charge on any atom is -0.347 e. The SMILES string of the molecule is CCc1[nH]nc(C(=O)N[C@@H]2C3CN4CCN(C3)CC2(c2ccccc2)C4)c1C. The van der Waals surface area contributed by atoms with Crippen molar-refractivity contribution in [2.24, 2.45) is 5.92 Å². The molecular formula is C22H29N5O. The first-order chi connectivity index (χ1) is 13.6. The third-order valence-corrected chi connectivity index (χ3v) is 7.11. The molecule has 2 unspecified atom stereocenters. The molecule has 0 spiro atoms. The van der Waals surface area contributed by atoms with Gasteiger partial charge in [0.05, 0.1) is 0 Å². The Balaban J connectivity index is 1.52. The predicted molar refractivity (Wildman–Crippen MR) is 108 cm³/mol. The molecule has 0 radical (unpaired) electrons. The molecule has 3 atom stereocenters. The molecule has 4 fully saturated rings. The molecule has 1 aromatic carbocycles. The number of fused-ring (bicyclic) bond motifs is 1. The second-order valence-corrected chi connectivity index (χ2v) is 8.73. The fourth-order valence-electron chi connectivity index (χ4n) is 5.78. The maximum absolute atomic E-state index is 13.2. The van der Waals surface area contributed by atoms with Gasteiger partial charge >= 0.3 is 0 Å². The second kappa shape index (κ2) is 6.71. The van der Waals surface area contributed by atoms with E-state index in [9.17, 15) is 4.79 Å².